The Labute approximate surface area is 111 Å². The second-order valence-corrected chi connectivity index (χ2v) is 4.02. The Bertz CT molecular complexity index is 625. The number of hydrogen-bond acceptors (Lipinski definition) is 4. The largest absolute Gasteiger partial charge is 0.475 e. The second-order valence-electron chi connectivity index (χ2n) is 4.02. The van der Waals surface area contributed by atoms with Crippen molar-refractivity contribution in [3.63, 3.8) is 0 Å². The summed E-state index contributed by atoms with van der Waals surface area (Å²) in [5, 5.41) is 9.93. The molecule has 0 aliphatic rings. The molecule has 5 nitrogen and oxygen atoms in total. The summed E-state index contributed by atoms with van der Waals surface area (Å²) in [5.74, 6) is -0.678. The van der Waals surface area contributed by atoms with E-state index in [1.54, 1.807) is 12.1 Å². The van der Waals surface area contributed by atoms with Gasteiger partial charge in [-0.2, -0.15) is 0 Å². The molecule has 0 radical (unpaired) electrons. The summed E-state index contributed by atoms with van der Waals surface area (Å²) in [6, 6.07) is 7.39. The first kappa shape index (κ1) is 13.0. The number of benzene rings is 1. The molecule has 0 atom stereocenters. The molecule has 0 saturated heterocycles. The van der Waals surface area contributed by atoms with Crippen LogP contribution in [0.2, 0.25) is 0 Å². The van der Waals surface area contributed by atoms with Crippen LogP contribution in [0.3, 0.4) is 0 Å². The predicted molar refractivity (Wildman–Crippen MR) is 74.6 cm³/mol. The maximum Gasteiger partial charge on any atom is 0.374 e. The molecule has 1 N–H and O–H groups in total. The maximum atomic E-state index is 11.1. The molecule has 1 aromatic heterocycles. The Kier molecular flexibility index (Phi) is 3.75. The van der Waals surface area contributed by atoms with Crippen molar-refractivity contribution in [3.8, 4) is 0 Å². The van der Waals surface area contributed by atoms with Gasteiger partial charge in [-0.25, -0.2) is 14.8 Å². The third-order valence-electron chi connectivity index (χ3n) is 2.81. The van der Waals surface area contributed by atoms with Gasteiger partial charge in [0.1, 0.15) is 5.82 Å². The molecule has 5 heteroatoms. The number of aromatic carboxylic acids is 1. The molecule has 1 heterocycles. The van der Waals surface area contributed by atoms with Crippen LogP contribution in [0.4, 0.5) is 5.82 Å². The number of para-hydroxylation sites is 1. The molecule has 0 saturated carbocycles. The predicted octanol–water partition coefficient (Wildman–Crippen LogP) is 2.34. The maximum absolute atomic E-state index is 11.1. The van der Waals surface area contributed by atoms with Crippen LogP contribution in [0.15, 0.2) is 36.9 Å². The van der Waals surface area contributed by atoms with E-state index in [4.69, 9.17) is 5.11 Å². The molecule has 98 valence electrons. The van der Waals surface area contributed by atoms with Gasteiger partial charge in [0.05, 0.1) is 5.52 Å². The van der Waals surface area contributed by atoms with E-state index in [0.29, 0.717) is 24.4 Å². The summed E-state index contributed by atoms with van der Waals surface area (Å²) in [4.78, 5) is 21.3. The van der Waals surface area contributed by atoms with Crippen molar-refractivity contribution in [1.29, 1.82) is 0 Å². The van der Waals surface area contributed by atoms with Gasteiger partial charge in [0.15, 0.2) is 0 Å². The molecular weight excluding hydrogens is 242 g/mol. The quantitative estimate of drug-likeness (QED) is 0.833. The van der Waals surface area contributed by atoms with Crippen LogP contribution < -0.4 is 4.90 Å². The van der Waals surface area contributed by atoms with Gasteiger partial charge < -0.3 is 10.0 Å². The van der Waals surface area contributed by atoms with Crippen molar-refractivity contribution in [2.24, 2.45) is 0 Å². The van der Waals surface area contributed by atoms with Crippen molar-refractivity contribution in [3.05, 3.63) is 42.7 Å². The molecule has 2 aromatic rings. The summed E-state index contributed by atoms with van der Waals surface area (Å²) in [7, 11) is 0. The minimum absolute atomic E-state index is 0.184. The highest BCUT2D eigenvalue weighted by Crippen LogP contribution is 2.23. The van der Waals surface area contributed by atoms with Gasteiger partial charge in [0, 0.05) is 18.5 Å². The third kappa shape index (κ3) is 2.54. The van der Waals surface area contributed by atoms with Gasteiger partial charge in [-0.15, -0.1) is 6.58 Å². The first-order chi connectivity index (χ1) is 9.17. The fourth-order valence-corrected chi connectivity index (χ4v) is 1.92. The lowest BCUT2D eigenvalue weighted by molar-refractivity contribution is 0.0684. The van der Waals surface area contributed by atoms with E-state index in [1.165, 1.54) is 0 Å². The number of likely N-dealkylation sites (N-methyl/N-ethyl adjacent to an activating group) is 1. The Morgan fingerprint density at radius 2 is 2.16 bits per heavy atom. The molecule has 0 fully saturated rings. The number of rotatable bonds is 5. The lowest BCUT2D eigenvalue weighted by atomic mass is 10.2. The molecule has 0 aliphatic heterocycles. The number of fused-ring (bicyclic) bond motifs is 1. The third-order valence-corrected chi connectivity index (χ3v) is 2.81. The Morgan fingerprint density at radius 3 is 2.79 bits per heavy atom. The topological polar surface area (TPSA) is 66.3 Å². The van der Waals surface area contributed by atoms with Crippen LogP contribution >= 0.6 is 0 Å². The van der Waals surface area contributed by atoms with Gasteiger partial charge in [-0.1, -0.05) is 18.2 Å². The minimum Gasteiger partial charge on any atom is -0.475 e. The first-order valence-corrected chi connectivity index (χ1v) is 6.03. The number of nitrogens with zero attached hydrogens (tertiary/aromatic N) is 3. The summed E-state index contributed by atoms with van der Waals surface area (Å²) < 4.78 is 0. The number of carboxylic acid groups (broad SMARTS) is 1. The van der Waals surface area contributed by atoms with E-state index >= 15 is 0 Å². The van der Waals surface area contributed by atoms with Crippen LogP contribution in [0, 0.1) is 0 Å². The number of carboxylic acids is 1. The van der Waals surface area contributed by atoms with E-state index in [1.807, 2.05) is 30.0 Å². The van der Waals surface area contributed by atoms with E-state index in [0.717, 1.165) is 5.39 Å². The highest BCUT2D eigenvalue weighted by Gasteiger charge is 2.15. The van der Waals surface area contributed by atoms with E-state index < -0.39 is 5.97 Å². The summed E-state index contributed by atoms with van der Waals surface area (Å²) in [5.41, 5.74) is 0.632. The fraction of sp³-hybridized carbons (Fsp3) is 0.214. The van der Waals surface area contributed by atoms with Crippen molar-refractivity contribution in [1.82, 2.24) is 9.97 Å². The zero-order valence-corrected chi connectivity index (χ0v) is 10.7. The summed E-state index contributed by atoms with van der Waals surface area (Å²) in [6.45, 7) is 7.02. The van der Waals surface area contributed by atoms with Crippen molar-refractivity contribution < 1.29 is 9.90 Å². The molecule has 1 aromatic carbocycles. The number of hydrogen-bond donors (Lipinski definition) is 1. The molecule has 0 aliphatic carbocycles. The van der Waals surface area contributed by atoms with Crippen LogP contribution in [-0.2, 0) is 0 Å². The van der Waals surface area contributed by atoms with Gasteiger partial charge >= 0.3 is 5.97 Å². The lowest BCUT2D eigenvalue weighted by Crippen LogP contribution is -2.25. The van der Waals surface area contributed by atoms with Crippen LogP contribution in [0.25, 0.3) is 10.9 Å². The minimum atomic E-state index is -1.12. The molecule has 0 spiro atoms. The Hall–Kier alpha value is -2.43. The Morgan fingerprint density at radius 1 is 1.42 bits per heavy atom. The molecule has 2 rings (SSSR count). The molecule has 0 amide bonds. The normalized spacial score (nSPS) is 10.4. The van der Waals surface area contributed by atoms with Crippen LogP contribution in [0.5, 0.6) is 0 Å². The highest BCUT2D eigenvalue weighted by molar-refractivity contribution is 5.93. The highest BCUT2D eigenvalue weighted by atomic mass is 16.4. The monoisotopic (exact) mass is 257 g/mol. The van der Waals surface area contributed by atoms with Crippen LogP contribution in [0.1, 0.15) is 17.5 Å². The average Bonchev–Trinajstić information content (AvgIpc) is 2.43. The van der Waals surface area contributed by atoms with E-state index in [-0.39, 0.29) is 5.82 Å². The SMILES string of the molecule is C=CCN(CC)c1nc(C(=O)O)nc2ccccc12. The standard InChI is InChI=1S/C14H15N3O2/c1-3-9-17(4-2)13-10-7-5-6-8-11(10)15-12(16-13)14(18)19/h3,5-8H,1,4,9H2,2H3,(H,18,19). The van der Waals surface area contributed by atoms with E-state index in [2.05, 4.69) is 16.5 Å². The van der Waals surface area contributed by atoms with E-state index in [9.17, 15) is 4.79 Å². The average molecular weight is 257 g/mol. The first-order valence-electron chi connectivity index (χ1n) is 6.03. The zero-order valence-electron chi connectivity index (χ0n) is 10.7. The lowest BCUT2D eigenvalue weighted by Gasteiger charge is -2.21. The molecular formula is C14H15N3O2. The zero-order chi connectivity index (χ0) is 13.8. The molecule has 0 bridgehead atoms. The van der Waals surface area contributed by atoms with Gasteiger partial charge in [-0.3, -0.25) is 0 Å². The number of anilines is 1. The van der Waals surface area contributed by atoms with Crippen molar-refractivity contribution >= 4 is 22.7 Å². The molecule has 0 unspecified atom stereocenters. The summed E-state index contributed by atoms with van der Waals surface area (Å²) >= 11 is 0. The van der Waals surface area contributed by atoms with Crippen LogP contribution in [-0.4, -0.2) is 34.1 Å². The van der Waals surface area contributed by atoms with Crippen molar-refractivity contribution in [2.45, 2.75) is 6.92 Å². The van der Waals surface area contributed by atoms with Gasteiger partial charge in [0.2, 0.25) is 5.82 Å². The summed E-state index contributed by atoms with van der Waals surface area (Å²) in [6.07, 6.45) is 1.76. The van der Waals surface area contributed by atoms with Crippen molar-refractivity contribution in [2.75, 3.05) is 18.0 Å². The van der Waals surface area contributed by atoms with Gasteiger partial charge in [0.25, 0.3) is 0 Å². The number of carbonyl (C=O) groups is 1. The second kappa shape index (κ2) is 5.48. The number of aromatic nitrogens is 2. The molecule has 19 heavy (non-hydrogen) atoms. The Balaban J connectivity index is 2.68. The fourth-order valence-electron chi connectivity index (χ4n) is 1.92. The van der Waals surface area contributed by atoms with Gasteiger partial charge in [-0.05, 0) is 19.1 Å². The smallest absolute Gasteiger partial charge is 0.374 e.